The topological polar surface area (TPSA) is 72.8 Å². The van der Waals surface area contributed by atoms with E-state index in [1.165, 1.54) is 231 Å². The van der Waals surface area contributed by atoms with Gasteiger partial charge in [0, 0.05) is 12.8 Å². The molecule has 0 aliphatic carbocycles. The zero-order valence-electron chi connectivity index (χ0n) is 38.6. The number of aliphatic hydroxyl groups is 1. The molecule has 0 aromatic rings. The second-order valence-electron chi connectivity index (χ2n) is 17.6. The molecule has 338 valence electrons. The lowest BCUT2D eigenvalue weighted by Crippen LogP contribution is -2.28. The van der Waals surface area contributed by atoms with Crippen LogP contribution in [0, 0.1) is 0 Å². The Morgan fingerprint density at radius 2 is 0.649 bits per heavy atom. The standard InChI is InChI=1S/C52H100O5/c1-3-5-7-9-11-13-15-17-19-21-23-25-27-28-30-32-34-36-38-40-42-44-46-51(54)56-49-50(48-53)57-52(55)47-45-43-41-39-37-35-33-31-29-26-24-22-20-18-16-14-12-10-8-6-4-2/h22,24,50,53H,3-21,23,25-49H2,1-2H3/b24-22-. The molecule has 1 unspecified atom stereocenters. The molecule has 0 bridgehead atoms. The first-order chi connectivity index (χ1) is 28.1. The van der Waals surface area contributed by atoms with Crippen molar-refractivity contribution in [2.45, 2.75) is 296 Å². The SMILES string of the molecule is CCCCCCCCCC/C=C\CCCCCCCCCCCC(=O)OC(CO)COC(=O)CCCCCCCCCCCCCCCCCCCCCCCC. The summed E-state index contributed by atoms with van der Waals surface area (Å²) in [5.41, 5.74) is 0. The van der Waals surface area contributed by atoms with Crippen LogP contribution in [0.25, 0.3) is 0 Å². The van der Waals surface area contributed by atoms with Crippen molar-refractivity contribution in [1.29, 1.82) is 0 Å². The van der Waals surface area contributed by atoms with Crippen LogP contribution in [0.2, 0.25) is 0 Å². The van der Waals surface area contributed by atoms with Crippen molar-refractivity contribution in [3.05, 3.63) is 12.2 Å². The summed E-state index contributed by atoms with van der Waals surface area (Å²) in [5, 5.41) is 9.62. The maximum atomic E-state index is 12.3. The zero-order valence-corrected chi connectivity index (χ0v) is 38.6. The van der Waals surface area contributed by atoms with Crippen molar-refractivity contribution in [2.75, 3.05) is 13.2 Å². The fraction of sp³-hybridized carbons (Fsp3) is 0.923. The first kappa shape index (κ1) is 55.6. The Morgan fingerprint density at radius 3 is 0.947 bits per heavy atom. The van der Waals surface area contributed by atoms with E-state index in [-0.39, 0.29) is 25.2 Å². The molecule has 0 aromatic carbocycles. The normalized spacial score (nSPS) is 12.1. The summed E-state index contributed by atoms with van der Waals surface area (Å²) in [7, 11) is 0. The summed E-state index contributed by atoms with van der Waals surface area (Å²) in [5.74, 6) is -0.574. The Balaban J connectivity index is 3.44. The van der Waals surface area contributed by atoms with Crippen LogP contribution in [0.5, 0.6) is 0 Å². The number of rotatable bonds is 48. The highest BCUT2D eigenvalue weighted by atomic mass is 16.6. The second-order valence-corrected chi connectivity index (χ2v) is 17.6. The van der Waals surface area contributed by atoms with Gasteiger partial charge in [-0.3, -0.25) is 9.59 Å². The Morgan fingerprint density at radius 1 is 0.386 bits per heavy atom. The number of ether oxygens (including phenoxy) is 2. The first-order valence-electron chi connectivity index (χ1n) is 25.7. The van der Waals surface area contributed by atoms with Crippen LogP contribution in [-0.4, -0.2) is 36.4 Å². The van der Waals surface area contributed by atoms with Crippen LogP contribution in [0.1, 0.15) is 290 Å². The Labute approximate surface area is 356 Å². The van der Waals surface area contributed by atoms with Gasteiger partial charge >= 0.3 is 11.9 Å². The predicted octanol–water partition coefficient (Wildman–Crippen LogP) is 16.8. The van der Waals surface area contributed by atoms with Crippen molar-refractivity contribution >= 4 is 11.9 Å². The van der Waals surface area contributed by atoms with Gasteiger partial charge in [-0.2, -0.15) is 0 Å². The average Bonchev–Trinajstić information content (AvgIpc) is 3.21. The lowest BCUT2D eigenvalue weighted by atomic mass is 10.0. The second kappa shape index (κ2) is 49.0. The highest BCUT2D eigenvalue weighted by Gasteiger charge is 2.16. The van der Waals surface area contributed by atoms with E-state index < -0.39 is 6.10 Å². The molecule has 1 atom stereocenters. The molecule has 0 rings (SSSR count). The number of hydrogen-bond acceptors (Lipinski definition) is 5. The number of allylic oxidation sites excluding steroid dienone is 2. The number of carbonyl (C=O) groups is 2. The molecule has 0 saturated carbocycles. The molecular weight excluding hydrogens is 705 g/mol. The minimum atomic E-state index is -0.767. The molecule has 0 saturated heterocycles. The summed E-state index contributed by atoms with van der Waals surface area (Å²) in [6.07, 6.45) is 58.8. The summed E-state index contributed by atoms with van der Waals surface area (Å²) < 4.78 is 10.7. The highest BCUT2D eigenvalue weighted by molar-refractivity contribution is 5.70. The van der Waals surface area contributed by atoms with Crippen molar-refractivity contribution in [3.63, 3.8) is 0 Å². The molecule has 0 spiro atoms. The fourth-order valence-corrected chi connectivity index (χ4v) is 7.91. The smallest absolute Gasteiger partial charge is 0.306 e. The zero-order chi connectivity index (χ0) is 41.4. The van der Waals surface area contributed by atoms with Crippen molar-refractivity contribution in [3.8, 4) is 0 Å². The van der Waals surface area contributed by atoms with E-state index in [1.807, 2.05) is 0 Å². The van der Waals surface area contributed by atoms with E-state index in [4.69, 9.17) is 9.47 Å². The third-order valence-electron chi connectivity index (χ3n) is 11.8. The maximum absolute atomic E-state index is 12.3. The van der Waals surface area contributed by atoms with Crippen molar-refractivity contribution < 1.29 is 24.2 Å². The van der Waals surface area contributed by atoms with Crippen LogP contribution in [-0.2, 0) is 19.1 Å². The van der Waals surface area contributed by atoms with Crippen LogP contribution < -0.4 is 0 Å². The van der Waals surface area contributed by atoms with E-state index >= 15 is 0 Å². The lowest BCUT2D eigenvalue weighted by Gasteiger charge is -2.15. The summed E-state index contributed by atoms with van der Waals surface area (Å²) >= 11 is 0. The Kier molecular flexibility index (Phi) is 47.8. The molecule has 0 aliphatic rings. The molecule has 57 heavy (non-hydrogen) atoms. The van der Waals surface area contributed by atoms with Gasteiger partial charge in [-0.15, -0.1) is 0 Å². The van der Waals surface area contributed by atoms with Gasteiger partial charge in [0.15, 0.2) is 6.10 Å². The molecular formula is C52H100O5. The highest BCUT2D eigenvalue weighted by Crippen LogP contribution is 2.17. The van der Waals surface area contributed by atoms with Gasteiger partial charge in [0.2, 0.25) is 0 Å². The fourth-order valence-electron chi connectivity index (χ4n) is 7.91. The molecule has 0 aliphatic heterocycles. The minimum absolute atomic E-state index is 0.0595. The van der Waals surface area contributed by atoms with Gasteiger partial charge in [0.1, 0.15) is 6.61 Å². The van der Waals surface area contributed by atoms with E-state index in [0.717, 1.165) is 32.1 Å². The molecule has 0 radical (unpaired) electrons. The van der Waals surface area contributed by atoms with Gasteiger partial charge in [0.25, 0.3) is 0 Å². The van der Waals surface area contributed by atoms with E-state index in [1.54, 1.807) is 0 Å². The minimum Gasteiger partial charge on any atom is -0.462 e. The Hall–Kier alpha value is -1.36. The monoisotopic (exact) mass is 805 g/mol. The largest absolute Gasteiger partial charge is 0.462 e. The molecule has 0 amide bonds. The molecule has 5 heteroatoms. The summed E-state index contributed by atoms with van der Waals surface area (Å²) in [4.78, 5) is 24.4. The summed E-state index contributed by atoms with van der Waals surface area (Å²) in [6, 6.07) is 0. The molecule has 1 N–H and O–H groups in total. The van der Waals surface area contributed by atoms with E-state index in [9.17, 15) is 14.7 Å². The number of hydrogen-bond donors (Lipinski definition) is 1. The predicted molar refractivity (Wildman–Crippen MR) is 247 cm³/mol. The number of esters is 2. The molecule has 0 heterocycles. The third kappa shape index (κ3) is 47.2. The van der Waals surface area contributed by atoms with Gasteiger partial charge < -0.3 is 14.6 Å². The van der Waals surface area contributed by atoms with Crippen molar-refractivity contribution in [1.82, 2.24) is 0 Å². The number of unbranched alkanes of at least 4 members (excludes halogenated alkanes) is 38. The Bertz CT molecular complexity index is 825. The summed E-state index contributed by atoms with van der Waals surface area (Å²) in [6.45, 7) is 4.19. The lowest BCUT2D eigenvalue weighted by molar-refractivity contribution is -0.161. The first-order valence-corrected chi connectivity index (χ1v) is 25.7. The van der Waals surface area contributed by atoms with Gasteiger partial charge in [0.05, 0.1) is 6.61 Å². The molecule has 0 aromatic heterocycles. The molecule has 0 fully saturated rings. The van der Waals surface area contributed by atoms with Gasteiger partial charge in [-0.25, -0.2) is 0 Å². The van der Waals surface area contributed by atoms with Gasteiger partial charge in [-0.05, 0) is 38.5 Å². The van der Waals surface area contributed by atoms with Crippen LogP contribution in [0.4, 0.5) is 0 Å². The van der Waals surface area contributed by atoms with Crippen LogP contribution in [0.3, 0.4) is 0 Å². The number of carbonyl (C=O) groups excluding carboxylic acids is 2. The van der Waals surface area contributed by atoms with Crippen LogP contribution in [0.15, 0.2) is 12.2 Å². The number of aliphatic hydroxyl groups excluding tert-OH is 1. The van der Waals surface area contributed by atoms with Gasteiger partial charge in [-0.1, -0.05) is 251 Å². The van der Waals surface area contributed by atoms with Crippen molar-refractivity contribution in [2.24, 2.45) is 0 Å². The maximum Gasteiger partial charge on any atom is 0.306 e. The van der Waals surface area contributed by atoms with Crippen LogP contribution >= 0.6 is 0 Å². The average molecular weight is 805 g/mol. The van der Waals surface area contributed by atoms with E-state index in [0.29, 0.717) is 12.8 Å². The third-order valence-corrected chi connectivity index (χ3v) is 11.8. The quantitative estimate of drug-likeness (QED) is 0.0377. The van der Waals surface area contributed by atoms with E-state index in [2.05, 4.69) is 26.0 Å². The molecule has 5 nitrogen and oxygen atoms in total.